The number of benzene rings is 2. The third-order valence-corrected chi connectivity index (χ3v) is 3.88. The fourth-order valence-electron chi connectivity index (χ4n) is 2.45. The number of carbonyl (C=O) groups excluding carboxylic acids is 1. The summed E-state index contributed by atoms with van der Waals surface area (Å²) in [5.74, 6) is 0.475. The molecular formula is C20H25FN2O2. The average Bonchev–Trinajstić information content (AvgIpc) is 2.59. The van der Waals surface area contributed by atoms with E-state index in [2.05, 4.69) is 5.32 Å². The van der Waals surface area contributed by atoms with Crippen LogP contribution in [-0.2, 0) is 11.3 Å². The average molecular weight is 344 g/mol. The van der Waals surface area contributed by atoms with Gasteiger partial charge in [-0.2, -0.15) is 0 Å². The first-order chi connectivity index (χ1) is 12.1. The Morgan fingerprint density at radius 3 is 2.64 bits per heavy atom. The van der Waals surface area contributed by atoms with Crippen molar-refractivity contribution in [3.05, 3.63) is 65.5 Å². The molecule has 0 aromatic heterocycles. The summed E-state index contributed by atoms with van der Waals surface area (Å²) in [6.07, 6.45) is 0.825. The molecule has 0 aliphatic rings. The smallest absolute Gasteiger partial charge is 0.234 e. The monoisotopic (exact) mass is 344 g/mol. The molecule has 4 nitrogen and oxygen atoms in total. The highest BCUT2D eigenvalue weighted by atomic mass is 19.1. The molecule has 0 aliphatic heterocycles. The van der Waals surface area contributed by atoms with Crippen LogP contribution in [0.5, 0.6) is 5.75 Å². The Hall–Kier alpha value is -2.40. The van der Waals surface area contributed by atoms with E-state index in [4.69, 9.17) is 4.74 Å². The highest BCUT2D eigenvalue weighted by Crippen LogP contribution is 2.16. The first-order valence-corrected chi connectivity index (χ1v) is 8.43. The number of ether oxygens (including phenoxy) is 1. The van der Waals surface area contributed by atoms with Gasteiger partial charge in [0.05, 0.1) is 13.2 Å². The van der Waals surface area contributed by atoms with Crippen LogP contribution in [0.2, 0.25) is 0 Å². The summed E-state index contributed by atoms with van der Waals surface area (Å²) in [6.45, 7) is 3.85. The first-order valence-electron chi connectivity index (χ1n) is 8.43. The van der Waals surface area contributed by atoms with E-state index in [1.54, 1.807) is 18.2 Å². The second-order valence-corrected chi connectivity index (χ2v) is 6.07. The van der Waals surface area contributed by atoms with Crippen molar-refractivity contribution in [2.24, 2.45) is 0 Å². The molecule has 0 saturated heterocycles. The minimum absolute atomic E-state index is 0.120. The largest absolute Gasteiger partial charge is 0.493 e. The first kappa shape index (κ1) is 18.9. The van der Waals surface area contributed by atoms with Crippen LogP contribution in [0.4, 0.5) is 4.39 Å². The minimum atomic E-state index is -0.301. The zero-order chi connectivity index (χ0) is 18.1. The third kappa shape index (κ3) is 6.55. The van der Waals surface area contributed by atoms with Gasteiger partial charge in [-0.3, -0.25) is 9.69 Å². The van der Waals surface area contributed by atoms with Crippen LogP contribution in [0.25, 0.3) is 0 Å². The fourth-order valence-corrected chi connectivity index (χ4v) is 2.45. The maximum absolute atomic E-state index is 13.5. The van der Waals surface area contributed by atoms with Gasteiger partial charge in [0, 0.05) is 18.7 Å². The second-order valence-electron chi connectivity index (χ2n) is 6.07. The van der Waals surface area contributed by atoms with Crippen LogP contribution in [0.3, 0.4) is 0 Å². The minimum Gasteiger partial charge on any atom is -0.493 e. The van der Waals surface area contributed by atoms with E-state index in [9.17, 15) is 9.18 Å². The maximum Gasteiger partial charge on any atom is 0.234 e. The van der Waals surface area contributed by atoms with Crippen molar-refractivity contribution in [1.29, 1.82) is 0 Å². The molecule has 0 unspecified atom stereocenters. The van der Waals surface area contributed by atoms with Gasteiger partial charge in [0.15, 0.2) is 0 Å². The summed E-state index contributed by atoms with van der Waals surface area (Å²) >= 11 is 0. The van der Waals surface area contributed by atoms with Gasteiger partial charge in [0.25, 0.3) is 0 Å². The normalized spacial score (nSPS) is 10.7. The van der Waals surface area contributed by atoms with Crippen molar-refractivity contribution in [3.8, 4) is 5.75 Å². The van der Waals surface area contributed by atoms with Crippen LogP contribution >= 0.6 is 0 Å². The topological polar surface area (TPSA) is 41.6 Å². The van der Waals surface area contributed by atoms with Crippen molar-refractivity contribution in [3.63, 3.8) is 0 Å². The van der Waals surface area contributed by atoms with Crippen LogP contribution in [0.1, 0.15) is 17.5 Å². The number of halogens is 1. The van der Waals surface area contributed by atoms with Gasteiger partial charge < -0.3 is 10.1 Å². The molecule has 0 spiro atoms. The van der Waals surface area contributed by atoms with Gasteiger partial charge >= 0.3 is 0 Å². The second kappa shape index (κ2) is 9.79. The summed E-state index contributed by atoms with van der Waals surface area (Å²) in [5, 5.41) is 2.74. The lowest BCUT2D eigenvalue weighted by atomic mass is 10.2. The Morgan fingerprint density at radius 1 is 1.16 bits per heavy atom. The van der Waals surface area contributed by atoms with Gasteiger partial charge in [-0.1, -0.05) is 36.4 Å². The molecule has 0 radical (unpaired) electrons. The zero-order valence-corrected chi connectivity index (χ0v) is 14.8. The Kier molecular flexibility index (Phi) is 7.41. The van der Waals surface area contributed by atoms with E-state index in [1.165, 1.54) is 6.07 Å². The Balaban J connectivity index is 1.63. The molecular weight excluding hydrogens is 319 g/mol. The summed E-state index contributed by atoms with van der Waals surface area (Å²) in [5.41, 5.74) is 1.61. The lowest BCUT2D eigenvalue weighted by molar-refractivity contribution is -0.122. The highest BCUT2D eigenvalue weighted by Gasteiger charge is 2.08. The van der Waals surface area contributed by atoms with E-state index >= 15 is 0 Å². The summed E-state index contributed by atoms with van der Waals surface area (Å²) in [6, 6.07) is 14.4. The maximum atomic E-state index is 13.5. The molecule has 0 heterocycles. The number of nitrogens with one attached hydrogen (secondary N) is 1. The predicted molar refractivity (Wildman–Crippen MR) is 97.0 cm³/mol. The molecule has 0 atom stereocenters. The van der Waals surface area contributed by atoms with Crippen molar-refractivity contribution < 1.29 is 13.9 Å². The molecule has 2 rings (SSSR count). The number of hydrogen-bond acceptors (Lipinski definition) is 3. The number of rotatable bonds is 9. The van der Waals surface area contributed by atoms with Gasteiger partial charge in [-0.15, -0.1) is 0 Å². The Morgan fingerprint density at radius 2 is 1.88 bits per heavy atom. The standard InChI is InChI=1S/C20H25FN2O2/c1-16-8-3-6-11-19(16)25-13-7-12-23(2)15-20(24)22-14-17-9-4-5-10-18(17)21/h3-6,8-11H,7,12-15H2,1-2H3,(H,22,24). The van der Waals surface area contributed by atoms with Crippen LogP contribution in [-0.4, -0.2) is 37.6 Å². The summed E-state index contributed by atoms with van der Waals surface area (Å²) in [7, 11) is 1.89. The zero-order valence-electron chi connectivity index (χ0n) is 14.8. The van der Waals surface area contributed by atoms with Crippen LogP contribution < -0.4 is 10.1 Å². The van der Waals surface area contributed by atoms with E-state index in [-0.39, 0.29) is 24.8 Å². The third-order valence-electron chi connectivity index (χ3n) is 3.88. The van der Waals surface area contributed by atoms with E-state index in [0.29, 0.717) is 12.2 Å². The summed E-state index contributed by atoms with van der Waals surface area (Å²) in [4.78, 5) is 13.9. The van der Waals surface area contributed by atoms with Crippen molar-refractivity contribution in [2.45, 2.75) is 19.9 Å². The van der Waals surface area contributed by atoms with E-state index < -0.39 is 0 Å². The lowest BCUT2D eigenvalue weighted by Crippen LogP contribution is -2.35. The molecule has 5 heteroatoms. The molecule has 0 bridgehead atoms. The molecule has 1 amide bonds. The van der Waals surface area contributed by atoms with Crippen LogP contribution in [0.15, 0.2) is 48.5 Å². The van der Waals surface area contributed by atoms with E-state index in [1.807, 2.05) is 43.1 Å². The quantitative estimate of drug-likeness (QED) is 0.711. The van der Waals surface area contributed by atoms with Crippen molar-refractivity contribution in [2.75, 3.05) is 26.7 Å². The van der Waals surface area contributed by atoms with Gasteiger partial charge in [0.2, 0.25) is 5.91 Å². The number of amides is 1. The number of carbonyl (C=O) groups is 1. The Labute approximate surface area is 148 Å². The summed E-state index contributed by atoms with van der Waals surface area (Å²) < 4.78 is 19.2. The number of likely N-dealkylation sites (N-methyl/N-ethyl adjacent to an activating group) is 1. The van der Waals surface area contributed by atoms with Crippen molar-refractivity contribution >= 4 is 5.91 Å². The van der Waals surface area contributed by atoms with Crippen LogP contribution in [0, 0.1) is 12.7 Å². The SMILES string of the molecule is Cc1ccccc1OCCCN(C)CC(=O)NCc1ccccc1F. The lowest BCUT2D eigenvalue weighted by Gasteiger charge is -2.17. The molecule has 1 N–H and O–H groups in total. The molecule has 134 valence electrons. The number of para-hydroxylation sites is 1. The number of hydrogen-bond donors (Lipinski definition) is 1. The predicted octanol–water partition coefficient (Wildman–Crippen LogP) is 3.15. The van der Waals surface area contributed by atoms with E-state index in [0.717, 1.165) is 24.3 Å². The molecule has 0 aliphatic carbocycles. The molecule has 2 aromatic carbocycles. The van der Waals surface area contributed by atoms with Gasteiger partial charge in [-0.05, 0) is 38.1 Å². The number of nitrogens with zero attached hydrogens (tertiary/aromatic N) is 1. The molecule has 2 aromatic rings. The van der Waals surface area contributed by atoms with Gasteiger partial charge in [-0.25, -0.2) is 4.39 Å². The van der Waals surface area contributed by atoms with Crippen molar-refractivity contribution in [1.82, 2.24) is 10.2 Å². The molecule has 0 fully saturated rings. The highest BCUT2D eigenvalue weighted by molar-refractivity contribution is 5.77. The molecule has 0 saturated carbocycles. The Bertz CT molecular complexity index is 691. The van der Waals surface area contributed by atoms with Gasteiger partial charge in [0.1, 0.15) is 11.6 Å². The fraction of sp³-hybridized carbons (Fsp3) is 0.350. The number of aryl methyl sites for hydroxylation is 1. The molecule has 25 heavy (non-hydrogen) atoms.